The number of hydroxylamine groups is 1. The van der Waals surface area contributed by atoms with Crippen LogP contribution in [0.15, 0.2) is 0 Å². The lowest BCUT2D eigenvalue weighted by Gasteiger charge is -2.24. The summed E-state index contributed by atoms with van der Waals surface area (Å²) in [6.07, 6.45) is 1.66. The lowest BCUT2D eigenvalue weighted by atomic mass is 10.0. The van der Waals surface area contributed by atoms with Crippen molar-refractivity contribution in [2.45, 2.75) is 32.8 Å². The average Bonchev–Trinajstić information content (AvgIpc) is 1.88. The molecule has 3 nitrogen and oxygen atoms in total. The van der Waals surface area contributed by atoms with E-state index in [1.54, 1.807) is 0 Å². The molecule has 0 spiro atoms. The Balaban J connectivity index is 2.33. The van der Waals surface area contributed by atoms with E-state index in [-0.39, 0.29) is 12.0 Å². The Morgan fingerprint density at radius 1 is 1.70 bits per heavy atom. The highest BCUT2D eigenvalue weighted by Gasteiger charge is 2.21. The van der Waals surface area contributed by atoms with Crippen molar-refractivity contribution in [2.75, 3.05) is 0 Å². The molecule has 3 heteroatoms. The zero-order valence-corrected chi connectivity index (χ0v) is 6.39. The molecule has 1 aliphatic rings. The number of nitrogens with one attached hydrogen (secondary N) is 1. The van der Waals surface area contributed by atoms with E-state index >= 15 is 0 Å². The Morgan fingerprint density at radius 2 is 2.40 bits per heavy atom. The minimum Gasteiger partial charge on any atom is -0.273 e. The third-order valence-corrected chi connectivity index (χ3v) is 1.72. The SMILES string of the molecule is CC(C)C1CCC(=O)NO1. The average molecular weight is 143 g/mol. The molecule has 1 aliphatic heterocycles. The predicted molar refractivity (Wildman–Crippen MR) is 37.1 cm³/mol. The van der Waals surface area contributed by atoms with Gasteiger partial charge < -0.3 is 0 Å². The summed E-state index contributed by atoms with van der Waals surface area (Å²) in [5.41, 5.74) is 2.37. The van der Waals surface area contributed by atoms with E-state index in [1.807, 2.05) is 0 Å². The van der Waals surface area contributed by atoms with Crippen molar-refractivity contribution in [3.63, 3.8) is 0 Å². The van der Waals surface area contributed by atoms with Crippen molar-refractivity contribution in [3.8, 4) is 0 Å². The first-order valence-electron chi connectivity index (χ1n) is 3.64. The van der Waals surface area contributed by atoms with Gasteiger partial charge in [0.2, 0.25) is 5.91 Å². The molecule has 1 amide bonds. The van der Waals surface area contributed by atoms with Crippen LogP contribution >= 0.6 is 0 Å². The number of hydrogen-bond acceptors (Lipinski definition) is 2. The minimum absolute atomic E-state index is 0.00287. The van der Waals surface area contributed by atoms with E-state index in [1.165, 1.54) is 0 Å². The second-order valence-corrected chi connectivity index (χ2v) is 2.96. The van der Waals surface area contributed by atoms with Gasteiger partial charge in [-0.25, -0.2) is 5.48 Å². The van der Waals surface area contributed by atoms with Gasteiger partial charge in [0.25, 0.3) is 0 Å². The molecule has 10 heavy (non-hydrogen) atoms. The summed E-state index contributed by atoms with van der Waals surface area (Å²) in [7, 11) is 0. The van der Waals surface area contributed by atoms with Crippen molar-refractivity contribution in [1.82, 2.24) is 5.48 Å². The highest BCUT2D eigenvalue weighted by molar-refractivity contribution is 5.75. The van der Waals surface area contributed by atoms with Gasteiger partial charge in [-0.05, 0) is 12.3 Å². The number of carbonyl (C=O) groups excluding carboxylic acids is 1. The molecule has 0 bridgehead atoms. The predicted octanol–water partition coefficient (Wildman–Crippen LogP) is 0.853. The standard InChI is InChI=1S/C7H13NO2/c1-5(2)6-3-4-7(9)8-10-6/h5-6H,3-4H2,1-2H3,(H,8,9). The molecule has 0 aliphatic carbocycles. The van der Waals surface area contributed by atoms with E-state index in [2.05, 4.69) is 19.3 Å². The number of amides is 1. The smallest absolute Gasteiger partial charge is 0.243 e. The summed E-state index contributed by atoms with van der Waals surface area (Å²) in [5.74, 6) is 0.484. The molecule has 1 rings (SSSR count). The Hall–Kier alpha value is -0.570. The van der Waals surface area contributed by atoms with Gasteiger partial charge in [-0.15, -0.1) is 0 Å². The molecule has 0 saturated carbocycles. The topological polar surface area (TPSA) is 38.3 Å². The normalized spacial score (nSPS) is 26.7. The first kappa shape index (κ1) is 7.54. The van der Waals surface area contributed by atoms with Crippen molar-refractivity contribution in [1.29, 1.82) is 0 Å². The molecule has 1 fully saturated rings. The zero-order valence-electron chi connectivity index (χ0n) is 6.39. The van der Waals surface area contributed by atoms with Crippen LogP contribution in [0.25, 0.3) is 0 Å². The maximum atomic E-state index is 10.6. The van der Waals surface area contributed by atoms with Crippen molar-refractivity contribution in [3.05, 3.63) is 0 Å². The molecule has 1 N–H and O–H groups in total. The Bertz CT molecular complexity index is 124. The van der Waals surface area contributed by atoms with E-state index in [4.69, 9.17) is 4.84 Å². The lowest BCUT2D eigenvalue weighted by molar-refractivity contribution is -0.151. The summed E-state index contributed by atoms with van der Waals surface area (Å²) < 4.78 is 0. The highest BCUT2D eigenvalue weighted by atomic mass is 16.7. The lowest BCUT2D eigenvalue weighted by Crippen LogP contribution is -2.38. The van der Waals surface area contributed by atoms with Gasteiger partial charge in [0.15, 0.2) is 0 Å². The van der Waals surface area contributed by atoms with Crippen LogP contribution in [0, 0.1) is 5.92 Å². The molecule has 0 radical (unpaired) electrons. The summed E-state index contributed by atoms with van der Waals surface area (Å²) in [6, 6.07) is 0. The Labute approximate surface area is 60.7 Å². The Kier molecular flexibility index (Phi) is 2.27. The fraction of sp³-hybridized carbons (Fsp3) is 0.857. The van der Waals surface area contributed by atoms with Crippen LogP contribution < -0.4 is 5.48 Å². The van der Waals surface area contributed by atoms with Crippen LogP contribution in [0.5, 0.6) is 0 Å². The molecule has 1 saturated heterocycles. The molecule has 1 atom stereocenters. The van der Waals surface area contributed by atoms with Gasteiger partial charge in [-0.3, -0.25) is 9.63 Å². The van der Waals surface area contributed by atoms with E-state index in [0.717, 1.165) is 6.42 Å². The molecular formula is C7H13NO2. The zero-order chi connectivity index (χ0) is 7.56. The first-order valence-corrected chi connectivity index (χ1v) is 3.64. The summed E-state index contributed by atoms with van der Waals surface area (Å²) >= 11 is 0. The van der Waals surface area contributed by atoms with E-state index in [0.29, 0.717) is 12.3 Å². The van der Waals surface area contributed by atoms with Gasteiger partial charge in [-0.1, -0.05) is 13.8 Å². The number of carbonyl (C=O) groups is 1. The van der Waals surface area contributed by atoms with Crippen LogP contribution in [0.1, 0.15) is 26.7 Å². The van der Waals surface area contributed by atoms with Gasteiger partial charge in [0, 0.05) is 6.42 Å². The van der Waals surface area contributed by atoms with Gasteiger partial charge in [0.05, 0.1) is 6.10 Å². The molecule has 0 aromatic heterocycles. The number of rotatable bonds is 1. The van der Waals surface area contributed by atoms with Crippen LogP contribution in [-0.2, 0) is 9.63 Å². The molecule has 0 aromatic carbocycles. The van der Waals surface area contributed by atoms with Crippen LogP contribution in [0.4, 0.5) is 0 Å². The van der Waals surface area contributed by atoms with E-state index < -0.39 is 0 Å². The van der Waals surface area contributed by atoms with Crippen molar-refractivity contribution >= 4 is 5.91 Å². The molecule has 58 valence electrons. The largest absolute Gasteiger partial charge is 0.273 e. The second-order valence-electron chi connectivity index (χ2n) is 2.96. The monoisotopic (exact) mass is 143 g/mol. The third kappa shape index (κ3) is 1.70. The van der Waals surface area contributed by atoms with E-state index in [9.17, 15) is 4.79 Å². The van der Waals surface area contributed by atoms with Gasteiger partial charge >= 0.3 is 0 Å². The third-order valence-electron chi connectivity index (χ3n) is 1.72. The molecule has 1 unspecified atom stereocenters. The molecule has 1 heterocycles. The summed E-state index contributed by atoms with van der Waals surface area (Å²) in [5, 5.41) is 0. The van der Waals surface area contributed by atoms with Gasteiger partial charge in [0.1, 0.15) is 0 Å². The maximum Gasteiger partial charge on any atom is 0.243 e. The molecular weight excluding hydrogens is 130 g/mol. The fourth-order valence-electron chi connectivity index (χ4n) is 0.994. The van der Waals surface area contributed by atoms with Crippen LogP contribution in [-0.4, -0.2) is 12.0 Å². The molecule has 0 aromatic rings. The van der Waals surface area contributed by atoms with Crippen molar-refractivity contribution in [2.24, 2.45) is 5.92 Å². The second kappa shape index (κ2) is 3.01. The maximum absolute atomic E-state index is 10.6. The number of hydrogen-bond donors (Lipinski definition) is 1. The minimum atomic E-state index is -0.00287. The van der Waals surface area contributed by atoms with Gasteiger partial charge in [-0.2, -0.15) is 0 Å². The van der Waals surface area contributed by atoms with Crippen molar-refractivity contribution < 1.29 is 9.63 Å². The quantitative estimate of drug-likeness (QED) is 0.591. The van der Waals surface area contributed by atoms with Crippen LogP contribution in [0.2, 0.25) is 0 Å². The first-order chi connectivity index (χ1) is 4.70. The Morgan fingerprint density at radius 3 is 2.80 bits per heavy atom. The fourth-order valence-corrected chi connectivity index (χ4v) is 0.994. The highest BCUT2D eigenvalue weighted by Crippen LogP contribution is 2.14. The summed E-state index contributed by atoms with van der Waals surface area (Å²) in [6.45, 7) is 4.17. The summed E-state index contributed by atoms with van der Waals surface area (Å²) in [4.78, 5) is 15.6. The van der Waals surface area contributed by atoms with Crippen LogP contribution in [0.3, 0.4) is 0 Å².